The SMILES string of the molecule is CCCCCCCCCCCCCCC(CCCCCCCC(=O)O)OC(=O)CCCCCCCCCCCCC. The van der Waals surface area contributed by atoms with Gasteiger partial charge < -0.3 is 9.84 Å². The van der Waals surface area contributed by atoms with E-state index in [1.54, 1.807) is 0 Å². The zero-order chi connectivity index (χ0) is 30.1. The second kappa shape index (κ2) is 33.4. The van der Waals surface area contributed by atoms with Gasteiger partial charge in [-0.3, -0.25) is 9.59 Å². The number of hydrogen-bond donors (Lipinski definition) is 1. The molecule has 1 N–H and O–H groups in total. The Bertz CT molecular complexity index is 547. The third-order valence-corrected chi connectivity index (χ3v) is 8.58. The summed E-state index contributed by atoms with van der Waals surface area (Å²) in [6.07, 6.45) is 38.3. The maximum absolute atomic E-state index is 12.6. The van der Waals surface area contributed by atoms with E-state index in [1.807, 2.05) is 0 Å². The minimum absolute atomic E-state index is 0.00585. The first kappa shape index (κ1) is 39.9. The summed E-state index contributed by atoms with van der Waals surface area (Å²) in [5.41, 5.74) is 0. The maximum Gasteiger partial charge on any atom is 0.306 e. The van der Waals surface area contributed by atoms with Crippen LogP contribution in [0.2, 0.25) is 0 Å². The molecule has 0 aliphatic rings. The Morgan fingerprint density at radius 1 is 0.439 bits per heavy atom. The van der Waals surface area contributed by atoms with Crippen LogP contribution < -0.4 is 0 Å². The average Bonchev–Trinajstić information content (AvgIpc) is 2.95. The van der Waals surface area contributed by atoms with E-state index in [2.05, 4.69) is 13.8 Å². The van der Waals surface area contributed by atoms with E-state index in [0.717, 1.165) is 64.2 Å². The minimum atomic E-state index is -0.697. The number of hydrogen-bond acceptors (Lipinski definition) is 3. The normalized spacial score (nSPS) is 12.0. The molecule has 0 aromatic heterocycles. The molecule has 0 aromatic carbocycles. The first-order valence-corrected chi connectivity index (χ1v) is 18.5. The summed E-state index contributed by atoms with van der Waals surface area (Å²) in [5.74, 6) is -0.691. The lowest BCUT2D eigenvalue weighted by Gasteiger charge is -2.18. The Balaban J connectivity index is 4.02. The van der Waals surface area contributed by atoms with Gasteiger partial charge in [-0.05, 0) is 38.5 Å². The smallest absolute Gasteiger partial charge is 0.306 e. The highest BCUT2D eigenvalue weighted by atomic mass is 16.5. The van der Waals surface area contributed by atoms with Crippen LogP contribution >= 0.6 is 0 Å². The van der Waals surface area contributed by atoms with Crippen LogP contribution in [0, 0.1) is 0 Å². The molecule has 0 aromatic rings. The number of aliphatic carboxylic acids is 1. The summed E-state index contributed by atoms with van der Waals surface area (Å²) in [7, 11) is 0. The van der Waals surface area contributed by atoms with Gasteiger partial charge in [0.05, 0.1) is 0 Å². The second-order valence-electron chi connectivity index (χ2n) is 12.8. The molecule has 0 saturated heterocycles. The van der Waals surface area contributed by atoms with Crippen LogP contribution in [0.5, 0.6) is 0 Å². The maximum atomic E-state index is 12.6. The minimum Gasteiger partial charge on any atom is -0.481 e. The standard InChI is InChI=1S/C37H72O4/c1-3-5-7-9-11-13-15-17-18-20-23-27-31-35(32-28-24-22-25-29-33-36(38)39)41-37(40)34-30-26-21-19-16-14-12-10-8-6-4-2/h35H,3-34H2,1-2H3,(H,38,39). The van der Waals surface area contributed by atoms with Crippen LogP contribution in [-0.2, 0) is 14.3 Å². The van der Waals surface area contributed by atoms with Crippen molar-refractivity contribution < 1.29 is 19.4 Å². The number of esters is 1. The Hall–Kier alpha value is -1.06. The molecule has 4 nitrogen and oxygen atoms in total. The summed E-state index contributed by atoms with van der Waals surface area (Å²) in [5, 5.41) is 8.79. The first-order chi connectivity index (χ1) is 20.1. The van der Waals surface area contributed by atoms with Gasteiger partial charge in [0.15, 0.2) is 0 Å². The molecule has 4 heteroatoms. The number of carboxylic acids is 1. The molecule has 1 atom stereocenters. The molecule has 0 rings (SSSR count). The molecule has 0 bridgehead atoms. The molecule has 0 spiro atoms. The molecule has 0 radical (unpaired) electrons. The Labute approximate surface area is 256 Å². The number of ether oxygens (including phenoxy) is 1. The number of unbranched alkanes of at least 4 members (excludes halogenated alkanes) is 25. The van der Waals surface area contributed by atoms with Gasteiger partial charge in [0.2, 0.25) is 0 Å². The summed E-state index contributed by atoms with van der Waals surface area (Å²) < 4.78 is 5.98. The fourth-order valence-electron chi connectivity index (χ4n) is 5.83. The predicted octanol–water partition coefficient (Wildman–Crippen LogP) is 12.5. The molecular formula is C37H72O4. The zero-order valence-electron chi connectivity index (χ0n) is 27.9. The van der Waals surface area contributed by atoms with Crippen molar-refractivity contribution in [3.05, 3.63) is 0 Å². The summed E-state index contributed by atoms with van der Waals surface area (Å²) in [4.78, 5) is 23.3. The fraction of sp³-hybridized carbons (Fsp3) is 0.946. The highest BCUT2D eigenvalue weighted by Gasteiger charge is 2.14. The van der Waals surface area contributed by atoms with Crippen LogP contribution in [0.3, 0.4) is 0 Å². The number of carbonyl (C=O) groups is 2. The van der Waals surface area contributed by atoms with Crippen LogP contribution in [-0.4, -0.2) is 23.1 Å². The molecule has 0 aliphatic heterocycles. The van der Waals surface area contributed by atoms with Crippen LogP contribution in [0.25, 0.3) is 0 Å². The van der Waals surface area contributed by atoms with E-state index < -0.39 is 5.97 Å². The lowest BCUT2D eigenvalue weighted by atomic mass is 10.0. The average molecular weight is 581 g/mol. The zero-order valence-corrected chi connectivity index (χ0v) is 27.9. The fourth-order valence-corrected chi connectivity index (χ4v) is 5.83. The number of carbonyl (C=O) groups excluding carboxylic acids is 1. The van der Waals surface area contributed by atoms with E-state index in [1.165, 1.54) is 128 Å². The van der Waals surface area contributed by atoms with Gasteiger partial charge in [0.1, 0.15) is 6.10 Å². The highest BCUT2D eigenvalue weighted by Crippen LogP contribution is 2.19. The molecule has 0 fully saturated rings. The molecule has 0 heterocycles. The first-order valence-electron chi connectivity index (χ1n) is 18.5. The lowest BCUT2D eigenvalue weighted by molar-refractivity contribution is -0.150. The Kier molecular flexibility index (Phi) is 32.6. The van der Waals surface area contributed by atoms with Crippen molar-refractivity contribution in [3.63, 3.8) is 0 Å². The van der Waals surface area contributed by atoms with E-state index in [9.17, 15) is 9.59 Å². The van der Waals surface area contributed by atoms with E-state index >= 15 is 0 Å². The third-order valence-electron chi connectivity index (χ3n) is 8.58. The van der Waals surface area contributed by atoms with Crippen LogP contribution in [0.4, 0.5) is 0 Å². The Morgan fingerprint density at radius 3 is 1.07 bits per heavy atom. The van der Waals surface area contributed by atoms with Crippen molar-refractivity contribution in [2.75, 3.05) is 0 Å². The molecule has 244 valence electrons. The quantitative estimate of drug-likeness (QED) is 0.0607. The second-order valence-corrected chi connectivity index (χ2v) is 12.8. The topological polar surface area (TPSA) is 63.6 Å². The number of carboxylic acid groups (broad SMARTS) is 1. The van der Waals surface area contributed by atoms with Crippen molar-refractivity contribution in [1.82, 2.24) is 0 Å². The highest BCUT2D eigenvalue weighted by molar-refractivity contribution is 5.69. The molecule has 1 unspecified atom stereocenters. The molecule has 0 saturated carbocycles. The molecule has 0 amide bonds. The summed E-state index contributed by atoms with van der Waals surface area (Å²) in [6.45, 7) is 4.55. The van der Waals surface area contributed by atoms with Crippen LogP contribution in [0.1, 0.15) is 219 Å². The van der Waals surface area contributed by atoms with Crippen molar-refractivity contribution >= 4 is 11.9 Å². The lowest BCUT2D eigenvalue weighted by Crippen LogP contribution is -2.18. The number of rotatable bonds is 34. The van der Waals surface area contributed by atoms with Gasteiger partial charge in [-0.1, -0.05) is 168 Å². The van der Waals surface area contributed by atoms with Crippen molar-refractivity contribution in [2.45, 2.75) is 225 Å². The van der Waals surface area contributed by atoms with E-state index in [4.69, 9.17) is 9.84 Å². The van der Waals surface area contributed by atoms with Gasteiger partial charge in [0.25, 0.3) is 0 Å². The van der Waals surface area contributed by atoms with E-state index in [-0.39, 0.29) is 18.5 Å². The Morgan fingerprint density at radius 2 is 0.732 bits per heavy atom. The van der Waals surface area contributed by atoms with Gasteiger partial charge in [0, 0.05) is 12.8 Å². The third kappa shape index (κ3) is 33.3. The van der Waals surface area contributed by atoms with Crippen molar-refractivity contribution in [1.29, 1.82) is 0 Å². The monoisotopic (exact) mass is 581 g/mol. The molecular weight excluding hydrogens is 508 g/mol. The van der Waals surface area contributed by atoms with Crippen molar-refractivity contribution in [2.24, 2.45) is 0 Å². The van der Waals surface area contributed by atoms with E-state index in [0.29, 0.717) is 6.42 Å². The van der Waals surface area contributed by atoms with Gasteiger partial charge in [-0.15, -0.1) is 0 Å². The summed E-state index contributed by atoms with van der Waals surface area (Å²) >= 11 is 0. The van der Waals surface area contributed by atoms with Crippen molar-refractivity contribution in [3.8, 4) is 0 Å². The van der Waals surface area contributed by atoms with Crippen LogP contribution in [0.15, 0.2) is 0 Å². The van der Waals surface area contributed by atoms with Gasteiger partial charge >= 0.3 is 11.9 Å². The van der Waals surface area contributed by atoms with Gasteiger partial charge in [-0.25, -0.2) is 0 Å². The van der Waals surface area contributed by atoms with Gasteiger partial charge in [-0.2, -0.15) is 0 Å². The largest absolute Gasteiger partial charge is 0.481 e. The predicted molar refractivity (Wildman–Crippen MR) is 177 cm³/mol. The molecule has 0 aliphatic carbocycles. The summed E-state index contributed by atoms with van der Waals surface area (Å²) in [6, 6.07) is 0. The molecule has 41 heavy (non-hydrogen) atoms.